The highest BCUT2D eigenvalue weighted by Crippen LogP contribution is 2.23. The molecule has 0 N–H and O–H groups in total. The van der Waals surface area contributed by atoms with E-state index in [2.05, 4.69) is 22.0 Å². The van der Waals surface area contributed by atoms with E-state index in [0.717, 1.165) is 57.0 Å². The Balaban J connectivity index is 1.48. The summed E-state index contributed by atoms with van der Waals surface area (Å²) in [6.45, 7) is 6.27. The minimum atomic E-state index is 0.0802. The van der Waals surface area contributed by atoms with Crippen LogP contribution in [0.25, 0.3) is 0 Å². The Hall–Kier alpha value is -1.62. The molecule has 5 nitrogen and oxygen atoms in total. The van der Waals surface area contributed by atoms with Gasteiger partial charge in [-0.15, -0.1) is 0 Å². The summed E-state index contributed by atoms with van der Waals surface area (Å²) in [5, 5.41) is 0. The van der Waals surface area contributed by atoms with Crippen LogP contribution in [0.1, 0.15) is 25.0 Å². The Bertz CT molecular complexity index is 535. The zero-order valence-corrected chi connectivity index (χ0v) is 14.2. The van der Waals surface area contributed by atoms with E-state index in [9.17, 15) is 4.79 Å². The van der Waals surface area contributed by atoms with Crippen LogP contribution in [-0.2, 0) is 9.53 Å². The molecule has 2 aliphatic rings. The number of pyridine rings is 1. The van der Waals surface area contributed by atoms with Gasteiger partial charge in [0.1, 0.15) is 5.82 Å². The molecule has 126 valence electrons. The van der Waals surface area contributed by atoms with Crippen LogP contribution in [0.3, 0.4) is 0 Å². The minimum Gasteiger partial charge on any atom is -0.381 e. The molecule has 1 atom stereocenters. The number of ether oxygens (including phenoxy) is 1. The van der Waals surface area contributed by atoms with Gasteiger partial charge in [-0.2, -0.15) is 0 Å². The van der Waals surface area contributed by atoms with Crippen LogP contribution in [-0.4, -0.2) is 55.7 Å². The van der Waals surface area contributed by atoms with Gasteiger partial charge >= 0.3 is 0 Å². The first-order valence-corrected chi connectivity index (χ1v) is 8.65. The van der Waals surface area contributed by atoms with E-state index in [1.807, 2.05) is 24.9 Å². The molecule has 1 amide bonds. The largest absolute Gasteiger partial charge is 0.381 e. The zero-order valence-electron chi connectivity index (χ0n) is 14.2. The predicted octanol–water partition coefficient (Wildman–Crippen LogP) is 2.10. The summed E-state index contributed by atoms with van der Waals surface area (Å²) < 4.78 is 5.33. The van der Waals surface area contributed by atoms with E-state index in [0.29, 0.717) is 12.5 Å². The third-order valence-electron chi connectivity index (χ3n) is 5.00. The van der Waals surface area contributed by atoms with Gasteiger partial charge in [-0.05, 0) is 44.2 Å². The molecule has 0 aromatic carbocycles. The molecule has 23 heavy (non-hydrogen) atoms. The van der Waals surface area contributed by atoms with Crippen LogP contribution in [0.15, 0.2) is 18.2 Å². The maximum atomic E-state index is 12.4. The fourth-order valence-corrected chi connectivity index (χ4v) is 3.57. The molecule has 0 aliphatic carbocycles. The van der Waals surface area contributed by atoms with Crippen molar-refractivity contribution >= 4 is 11.7 Å². The van der Waals surface area contributed by atoms with Crippen molar-refractivity contribution in [2.24, 2.45) is 11.8 Å². The molecule has 2 aliphatic heterocycles. The molecule has 3 rings (SSSR count). The van der Waals surface area contributed by atoms with Crippen molar-refractivity contribution in [1.82, 2.24) is 9.88 Å². The van der Waals surface area contributed by atoms with Gasteiger partial charge in [-0.25, -0.2) is 4.98 Å². The summed E-state index contributed by atoms with van der Waals surface area (Å²) in [6.07, 6.45) is 3.11. The number of aromatic nitrogens is 1. The molecule has 1 unspecified atom stereocenters. The standard InChI is InChI=1S/C18H27N3O2/c1-14-4-3-5-17(19-14)21-9-6-15(7-10-21)12-20(2)18(22)16-8-11-23-13-16/h3-5,15-16H,6-13H2,1-2H3. The lowest BCUT2D eigenvalue weighted by Crippen LogP contribution is -2.41. The van der Waals surface area contributed by atoms with E-state index >= 15 is 0 Å². The van der Waals surface area contributed by atoms with Crippen molar-refractivity contribution in [3.05, 3.63) is 23.9 Å². The third kappa shape index (κ3) is 4.02. The van der Waals surface area contributed by atoms with Gasteiger partial charge in [-0.1, -0.05) is 6.07 Å². The summed E-state index contributed by atoms with van der Waals surface area (Å²) >= 11 is 0. The average molecular weight is 317 g/mol. The molecule has 5 heteroatoms. The predicted molar refractivity (Wildman–Crippen MR) is 90.5 cm³/mol. The molecular weight excluding hydrogens is 290 g/mol. The molecule has 3 heterocycles. The summed E-state index contributed by atoms with van der Waals surface area (Å²) in [5.41, 5.74) is 1.06. The van der Waals surface area contributed by atoms with Gasteiger partial charge in [-0.3, -0.25) is 4.79 Å². The first kappa shape index (κ1) is 16.2. The number of aryl methyl sites for hydroxylation is 1. The first-order valence-electron chi connectivity index (χ1n) is 8.65. The lowest BCUT2D eigenvalue weighted by atomic mass is 9.95. The maximum absolute atomic E-state index is 12.4. The Labute approximate surface area is 138 Å². The normalized spacial score (nSPS) is 22.3. The number of anilines is 1. The number of carbonyl (C=O) groups is 1. The van der Waals surface area contributed by atoms with E-state index in [-0.39, 0.29) is 11.8 Å². The topological polar surface area (TPSA) is 45.7 Å². The van der Waals surface area contributed by atoms with E-state index < -0.39 is 0 Å². The summed E-state index contributed by atoms with van der Waals surface area (Å²) in [6, 6.07) is 6.19. The van der Waals surface area contributed by atoms with Gasteiger partial charge in [0.2, 0.25) is 5.91 Å². The van der Waals surface area contributed by atoms with Crippen molar-refractivity contribution in [2.75, 3.05) is 44.8 Å². The molecule has 2 saturated heterocycles. The van der Waals surface area contributed by atoms with Gasteiger partial charge in [0.05, 0.1) is 12.5 Å². The Morgan fingerprint density at radius 1 is 1.35 bits per heavy atom. The van der Waals surface area contributed by atoms with Crippen LogP contribution < -0.4 is 4.90 Å². The number of hydrogen-bond acceptors (Lipinski definition) is 4. The highest BCUT2D eigenvalue weighted by molar-refractivity contribution is 5.78. The molecule has 1 aromatic rings. The lowest BCUT2D eigenvalue weighted by Gasteiger charge is -2.35. The fraction of sp³-hybridized carbons (Fsp3) is 0.667. The molecule has 1 aromatic heterocycles. The first-order chi connectivity index (χ1) is 11.1. The van der Waals surface area contributed by atoms with Gasteiger partial charge in [0.25, 0.3) is 0 Å². The van der Waals surface area contributed by atoms with Crippen molar-refractivity contribution < 1.29 is 9.53 Å². The number of amides is 1. The third-order valence-corrected chi connectivity index (χ3v) is 5.00. The SMILES string of the molecule is Cc1cccc(N2CCC(CN(C)C(=O)C3CCOC3)CC2)n1. The highest BCUT2D eigenvalue weighted by Gasteiger charge is 2.28. The van der Waals surface area contributed by atoms with Crippen LogP contribution in [0.2, 0.25) is 0 Å². The maximum Gasteiger partial charge on any atom is 0.227 e. The number of carbonyl (C=O) groups excluding carboxylic acids is 1. The molecule has 2 fully saturated rings. The molecule has 0 bridgehead atoms. The molecule has 0 radical (unpaired) electrons. The Kier molecular flexibility index (Phi) is 5.16. The number of piperidine rings is 1. The second kappa shape index (κ2) is 7.30. The highest BCUT2D eigenvalue weighted by atomic mass is 16.5. The van der Waals surface area contributed by atoms with E-state index in [4.69, 9.17) is 4.74 Å². The molecular formula is C18H27N3O2. The monoisotopic (exact) mass is 317 g/mol. The van der Waals surface area contributed by atoms with Gasteiger partial charge < -0.3 is 14.5 Å². The molecule has 0 saturated carbocycles. The van der Waals surface area contributed by atoms with Crippen LogP contribution in [0.4, 0.5) is 5.82 Å². The summed E-state index contributed by atoms with van der Waals surface area (Å²) in [7, 11) is 1.94. The smallest absolute Gasteiger partial charge is 0.227 e. The lowest BCUT2D eigenvalue weighted by molar-refractivity contribution is -0.134. The van der Waals surface area contributed by atoms with Crippen molar-refractivity contribution in [1.29, 1.82) is 0 Å². The van der Waals surface area contributed by atoms with Crippen molar-refractivity contribution in [3.8, 4) is 0 Å². The van der Waals surface area contributed by atoms with E-state index in [1.54, 1.807) is 0 Å². The van der Waals surface area contributed by atoms with Crippen molar-refractivity contribution in [3.63, 3.8) is 0 Å². The number of nitrogens with zero attached hydrogens (tertiary/aromatic N) is 3. The number of rotatable bonds is 4. The second-order valence-electron chi connectivity index (χ2n) is 6.85. The van der Waals surface area contributed by atoms with Crippen molar-refractivity contribution in [2.45, 2.75) is 26.2 Å². The molecule has 0 spiro atoms. The minimum absolute atomic E-state index is 0.0802. The van der Waals surface area contributed by atoms with Crippen LogP contribution >= 0.6 is 0 Å². The zero-order chi connectivity index (χ0) is 16.2. The summed E-state index contributed by atoms with van der Waals surface area (Å²) in [5.74, 6) is 2.00. The van der Waals surface area contributed by atoms with Gasteiger partial charge in [0.15, 0.2) is 0 Å². The second-order valence-corrected chi connectivity index (χ2v) is 6.85. The fourth-order valence-electron chi connectivity index (χ4n) is 3.57. The quantitative estimate of drug-likeness (QED) is 0.853. The van der Waals surface area contributed by atoms with Crippen LogP contribution in [0.5, 0.6) is 0 Å². The Morgan fingerprint density at radius 2 is 2.13 bits per heavy atom. The van der Waals surface area contributed by atoms with Crippen LogP contribution in [0, 0.1) is 18.8 Å². The average Bonchev–Trinajstić information content (AvgIpc) is 3.09. The van der Waals surface area contributed by atoms with E-state index in [1.165, 1.54) is 0 Å². The number of hydrogen-bond donors (Lipinski definition) is 0. The Morgan fingerprint density at radius 3 is 2.78 bits per heavy atom. The summed E-state index contributed by atoms with van der Waals surface area (Å²) in [4.78, 5) is 21.3. The van der Waals surface area contributed by atoms with Gasteiger partial charge in [0, 0.05) is 39.0 Å².